The van der Waals surface area contributed by atoms with Crippen LogP contribution in [0.2, 0.25) is 0 Å². The van der Waals surface area contributed by atoms with E-state index < -0.39 is 10.0 Å². The lowest BCUT2D eigenvalue weighted by atomic mass is 10.0. The Morgan fingerprint density at radius 1 is 1.12 bits per heavy atom. The molecule has 220 valence electrons. The Morgan fingerprint density at radius 2 is 1.93 bits per heavy atom. The Morgan fingerprint density at radius 3 is 2.67 bits per heavy atom. The maximum Gasteiger partial charge on any atom is 0.277 e. The molecule has 4 aromatic rings. The first kappa shape index (κ1) is 29.2. The molecule has 1 aliphatic heterocycles. The number of Topliss-reactive ketones (excluding diaryl/α,β-unsaturated/α-hetero) is 1. The van der Waals surface area contributed by atoms with Crippen molar-refractivity contribution in [3.05, 3.63) is 69.6 Å². The highest BCUT2D eigenvalue weighted by Crippen LogP contribution is 2.33. The van der Waals surface area contributed by atoms with Gasteiger partial charge in [0.05, 0.1) is 29.9 Å². The van der Waals surface area contributed by atoms with E-state index in [0.717, 1.165) is 12.0 Å². The number of piperidine rings is 1. The van der Waals surface area contributed by atoms with Gasteiger partial charge >= 0.3 is 0 Å². The first-order valence-corrected chi connectivity index (χ1v) is 15.2. The quantitative estimate of drug-likeness (QED) is 0.291. The maximum absolute atomic E-state index is 13.9. The van der Waals surface area contributed by atoms with E-state index in [-0.39, 0.29) is 41.6 Å². The molecule has 2 aromatic heterocycles. The van der Waals surface area contributed by atoms with E-state index in [0.29, 0.717) is 52.4 Å². The molecule has 1 N–H and O–H groups in total. The summed E-state index contributed by atoms with van der Waals surface area (Å²) in [5.74, 6) is 1.10. The second kappa shape index (κ2) is 11.9. The summed E-state index contributed by atoms with van der Waals surface area (Å²) < 4.78 is 41.6. The van der Waals surface area contributed by atoms with Gasteiger partial charge in [-0.3, -0.25) is 14.3 Å². The molecular formula is C30H33N5O6S. The molecule has 0 unspecified atom stereocenters. The van der Waals surface area contributed by atoms with Gasteiger partial charge in [0.1, 0.15) is 22.8 Å². The monoisotopic (exact) mass is 591 g/mol. The van der Waals surface area contributed by atoms with Crippen molar-refractivity contribution < 1.29 is 22.7 Å². The van der Waals surface area contributed by atoms with Crippen LogP contribution in [-0.2, 0) is 28.3 Å². The Hall–Kier alpha value is -4.29. The van der Waals surface area contributed by atoms with Crippen LogP contribution in [0.1, 0.15) is 37.9 Å². The number of carbonyl (C=O) groups is 1. The standard InChI is InChI=1S/C30H33N5O6S/c1-5-8-24-27-28(34(3)33-24)30(37)32-29(31-27)23-17-22(11-12-26(23)41-6-2)42(38,39)35-14-13-25(36)20(18-35)15-19-9-7-10-21(16-19)40-4/h7,9-12,15-17H,5-6,8,13-14,18H2,1-4H3,(H,31,32,37). The Bertz CT molecular complexity index is 1860. The zero-order valence-corrected chi connectivity index (χ0v) is 24.8. The summed E-state index contributed by atoms with van der Waals surface area (Å²) in [6, 6.07) is 11.7. The predicted molar refractivity (Wildman–Crippen MR) is 159 cm³/mol. The molecule has 1 aliphatic rings. The van der Waals surface area contributed by atoms with Gasteiger partial charge in [-0.05, 0) is 55.3 Å². The van der Waals surface area contributed by atoms with Gasteiger partial charge in [0.2, 0.25) is 10.0 Å². The second-order valence-corrected chi connectivity index (χ2v) is 11.9. The molecule has 11 nitrogen and oxygen atoms in total. The highest BCUT2D eigenvalue weighted by molar-refractivity contribution is 7.89. The SMILES string of the molecule is CCCc1nn(C)c2c(=O)[nH]c(-c3cc(S(=O)(=O)N4CCC(=O)C(=Cc5cccc(OC)c5)C4)ccc3OCC)nc12. The van der Waals surface area contributed by atoms with E-state index in [1.54, 1.807) is 44.5 Å². The number of nitrogens with zero attached hydrogens (tertiary/aromatic N) is 4. The molecule has 1 fully saturated rings. The third kappa shape index (κ3) is 5.59. The number of methoxy groups -OCH3 is 1. The molecule has 0 spiro atoms. The van der Waals surface area contributed by atoms with Crippen molar-refractivity contribution in [1.82, 2.24) is 24.1 Å². The van der Waals surface area contributed by atoms with Gasteiger partial charge in [0.25, 0.3) is 5.56 Å². The number of rotatable bonds is 9. The number of sulfonamides is 1. The molecule has 2 aromatic carbocycles. The van der Waals surface area contributed by atoms with E-state index in [1.807, 2.05) is 19.9 Å². The van der Waals surface area contributed by atoms with Crippen LogP contribution in [0.3, 0.4) is 0 Å². The minimum Gasteiger partial charge on any atom is -0.497 e. The molecule has 3 heterocycles. The fourth-order valence-electron chi connectivity index (χ4n) is 5.07. The minimum absolute atomic E-state index is 0.00116. The first-order valence-electron chi connectivity index (χ1n) is 13.8. The molecule has 0 atom stereocenters. The van der Waals surface area contributed by atoms with Crippen molar-refractivity contribution >= 4 is 32.9 Å². The van der Waals surface area contributed by atoms with Gasteiger partial charge in [-0.25, -0.2) is 13.4 Å². The molecule has 0 saturated carbocycles. The summed E-state index contributed by atoms with van der Waals surface area (Å²) in [4.78, 5) is 33.3. The van der Waals surface area contributed by atoms with Crippen LogP contribution in [0.25, 0.3) is 28.5 Å². The molecule has 0 bridgehead atoms. The van der Waals surface area contributed by atoms with E-state index in [1.165, 1.54) is 21.1 Å². The Kier molecular flexibility index (Phi) is 8.28. The number of carbonyl (C=O) groups excluding carboxylic acids is 1. The Balaban J connectivity index is 1.55. The topological polar surface area (TPSA) is 136 Å². The predicted octanol–water partition coefficient (Wildman–Crippen LogP) is 3.73. The van der Waals surface area contributed by atoms with Crippen molar-refractivity contribution in [2.45, 2.75) is 38.0 Å². The van der Waals surface area contributed by atoms with E-state index in [4.69, 9.17) is 14.5 Å². The number of ketones is 1. The fraction of sp³-hybridized carbons (Fsp3) is 0.333. The van der Waals surface area contributed by atoms with Crippen LogP contribution in [0, 0.1) is 0 Å². The largest absolute Gasteiger partial charge is 0.497 e. The normalized spacial score (nSPS) is 15.4. The van der Waals surface area contributed by atoms with Crippen molar-refractivity contribution in [2.24, 2.45) is 7.05 Å². The number of ether oxygens (including phenoxy) is 2. The summed E-state index contributed by atoms with van der Waals surface area (Å²) in [6.45, 7) is 4.14. The summed E-state index contributed by atoms with van der Waals surface area (Å²) in [5, 5.41) is 4.47. The van der Waals surface area contributed by atoms with Gasteiger partial charge in [0.15, 0.2) is 11.3 Å². The van der Waals surface area contributed by atoms with Crippen molar-refractivity contribution in [3.8, 4) is 22.9 Å². The van der Waals surface area contributed by atoms with Crippen LogP contribution < -0.4 is 15.0 Å². The van der Waals surface area contributed by atoms with Crippen LogP contribution in [0.4, 0.5) is 0 Å². The van der Waals surface area contributed by atoms with Gasteiger partial charge in [0, 0.05) is 32.1 Å². The lowest BCUT2D eigenvalue weighted by molar-refractivity contribution is -0.116. The molecular weight excluding hydrogens is 558 g/mol. The molecule has 12 heteroatoms. The number of nitrogens with one attached hydrogen (secondary N) is 1. The zero-order valence-electron chi connectivity index (χ0n) is 24.0. The minimum atomic E-state index is -4.03. The second-order valence-electron chi connectivity index (χ2n) is 9.98. The molecule has 0 radical (unpaired) electrons. The average Bonchev–Trinajstić information content (AvgIpc) is 3.29. The van der Waals surface area contributed by atoms with Gasteiger partial charge in [-0.2, -0.15) is 9.40 Å². The number of benzene rings is 2. The third-order valence-corrected chi connectivity index (χ3v) is 8.96. The number of fused-ring (bicyclic) bond motifs is 1. The molecule has 1 saturated heterocycles. The molecule has 0 aliphatic carbocycles. The third-order valence-electron chi connectivity index (χ3n) is 7.12. The van der Waals surface area contributed by atoms with E-state index in [2.05, 4.69) is 10.1 Å². The summed E-state index contributed by atoms with van der Waals surface area (Å²) in [6.07, 6.45) is 3.22. The lowest BCUT2D eigenvalue weighted by Crippen LogP contribution is -2.40. The van der Waals surface area contributed by atoms with Crippen LogP contribution >= 0.6 is 0 Å². The van der Waals surface area contributed by atoms with Crippen molar-refractivity contribution in [2.75, 3.05) is 26.8 Å². The zero-order chi connectivity index (χ0) is 30.0. The number of H-pyrrole nitrogens is 1. The van der Waals surface area contributed by atoms with E-state index >= 15 is 0 Å². The Labute approximate surface area is 243 Å². The van der Waals surface area contributed by atoms with E-state index in [9.17, 15) is 18.0 Å². The average molecular weight is 592 g/mol. The maximum atomic E-state index is 13.9. The molecule has 5 rings (SSSR count). The number of hydrogen-bond acceptors (Lipinski definition) is 8. The highest BCUT2D eigenvalue weighted by Gasteiger charge is 2.32. The highest BCUT2D eigenvalue weighted by atomic mass is 32.2. The smallest absolute Gasteiger partial charge is 0.277 e. The van der Waals surface area contributed by atoms with Gasteiger partial charge < -0.3 is 14.5 Å². The summed E-state index contributed by atoms with van der Waals surface area (Å²) in [5.41, 5.74) is 2.59. The molecule has 0 amide bonds. The van der Waals surface area contributed by atoms with Gasteiger partial charge in [-0.15, -0.1) is 0 Å². The van der Waals surface area contributed by atoms with Crippen LogP contribution in [-0.4, -0.2) is 65.1 Å². The van der Waals surface area contributed by atoms with Gasteiger partial charge in [-0.1, -0.05) is 25.5 Å². The van der Waals surface area contributed by atoms with Crippen LogP contribution in [0.5, 0.6) is 11.5 Å². The summed E-state index contributed by atoms with van der Waals surface area (Å²) in [7, 11) is -0.778. The summed E-state index contributed by atoms with van der Waals surface area (Å²) >= 11 is 0. The number of aromatic amines is 1. The first-order chi connectivity index (χ1) is 20.2. The van der Waals surface area contributed by atoms with Crippen LogP contribution in [0.15, 0.2) is 57.7 Å². The number of aryl methyl sites for hydroxylation is 2. The number of aromatic nitrogens is 4. The number of hydrogen-bond donors (Lipinski definition) is 1. The fourth-order valence-corrected chi connectivity index (χ4v) is 6.52. The molecule has 42 heavy (non-hydrogen) atoms. The van der Waals surface area contributed by atoms with Crippen molar-refractivity contribution in [3.63, 3.8) is 0 Å². The lowest BCUT2D eigenvalue weighted by Gasteiger charge is -2.27. The van der Waals surface area contributed by atoms with Crippen molar-refractivity contribution in [1.29, 1.82) is 0 Å².